The Morgan fingerprint density at radius 2 is 1.59 bits per heavy atom. The monoisotopic (exact) mass is 362 g/mol. The van der Waals surface area contributed by atoms with Crippen LogP contribution in [0.25, 0.3) is 21.9 Å². The molecule has 4 rings (SSSR count). The summed E-state index contributed by atoms with van der Waals surface area (Å²) in [5.41, 5.74) is 4.52. The van der Waals surface area contributed by atoms with Crippen LogP contribution >= 0.6 is 0 Å². The van der Waals surface area contributed by atoms with Crippen LogP contribution in [0.5, 0.6) is 0 Å². The molecule has 4 nitrogen and oxygen atoms in total. The van der Waals surface area contributed by atoms with Gasteiger partial charge >= 0.3 is 0 Å². The van der Waals surface area contributed by atoms with Crippen LogP contribution in [0, 0.1) is 12.8 Å². The Kier molecular flexibility index (Phi) is 5.94. The van der Waals surface area contributed by atoms with Gasteiger partial charge in [-0.25, -0.2) is 4.98 Å². The maximum atomic E-state index is 4.90. The number of rotatable bonds is 5. The van der Waals surface area contributed by atoms with Gasteiger partial charge in [0.1, 0.15) is 5.82 Å². The maximum absolute atomic E-state index is 4.90. The van der Waals surface area contributed by atoms with Crippen LogP contribution in [-0.2, 0) is 13.1 Å². The summed E-state index contributed by atoms with van der Waals surface area (Å²) in [7, 11) is 0. The molecule has 0 radical (unpaired) electrons. The van der Waals surface area contributed by atoms with Gasteiger partial charge in [0.15, 0.2) is 0 Å². The molecule has 0 saturated heterocycles. The van der Waals surface area contributed by atoms with Gasteiger partial charge in [-0.3, -0.25) is 4.68 Å². The van der Waals surface area contributed by atoms with Crippen molar-refractivity contribution in [2.75, 3.05) is 0 Å². The number of hydrogen-bond donors (Lipinski definition) is 0. The molecule has 0 aliphatic carbocycles. The van der Waals surface area contributed by atoms with Crippen molar-refractivity contribution in [3.63, 3.8) is 0 Å². The van der Waals surface area contributed by atoms with E-state index in [0.29, 0.717) is 12.5 Å². The van der Waals surface area contributed by atoms with Crippen molar-refractivity contribution in [2.24, 2.45) is 5.92 Å². The van der Waals surface area contributed by atoms with Crippen molar-refractivity contribution in [1.29, 1.82) is 0 Å². The normalized spacial score (nSPS) is 11.2. The molecule has 142 valence electrons. The van der Waals surface area contributed by atoms with E-state index in [2.05, 4.69) is 78.6 Å². The first-order chi connectivity index (χ1) is 13.1. The summed E-state index contributed by atoms with van der Waals surface area (Å²) in [6.45, 7) is 12.3. The van der Waals surface area contributed by atoms with Crippen molar-refractivity contribution in [3.8, 4) is 0 Å². The molecule has 0 fully saturated rings. The Bertz CT molecular complexity index is 1020. The number of benzene rings is 2. The predicted octanol–water partition coefficient (Wildman–Crippen LogP) is 5.82. The maximum Gasteiger partial charge on any atom is 0.131 e. The van der Waals surface area contributed by atoms with Gasteiger partial charge < -0.3 is 4.57 Å². The second-order valence-electron chi connectivity index (χ2n) is 7.11. The summed E-state index contributed by atoms with van der Waals surface area (Å²) in [6.07, 6.45) is 1.15. The molecule has 4 heteroatoms. The SMILES string of the molecule is CC.Cc1nn(Cc2nc3ccccc3n2CCC(C)C)c2ccccc12. The van der Waals surface area contributed by atoms with E-state index in [9.17, 15) is 0 Å². The molecule has 27 heavy (non-hydrogen) atoms. The first kappa shape index (κ1) is 19.2. The van der Waals surface area contributed by atoms with E-state index in [0.717, 1.165) is 30.0 Å². The number of fused-ring (bicyclic) bond motifs is 2. The fourth-order valence-corrected chi connectivity index (χ4v) is 3.43. The highest BCUT2D eigenvalue weighted by molar-refractivity contribution is 5.82. The molecule has 4 aromatic rings. The lowest BCUT2D eigenvalue weighted by Gasteiger charge is -2.11. The zero-order valence-corrected chi connectivity index (χ0v) is 17.1. The molecule has 0 saturated carbocycles. The Balaban J connectivity index is 0.00000102. The smallest absolute Gasteiger partial charge is 0.131 e. The number of imidazole rings is 1. The molecule has 2 aromatic carbocycles. The van der Waals surface area contributed by atoms with E-state index in [1.54, 1.807) is 0 Å². The highest BCUT2D eigenvalue weighted by Crippen LogP contribution is 2.22. The summed E-state index contributed by atoms with van der Waals surface area (Å²) in [4.78, 5) is 4.90. The van der Waals surface area contributed by atoms with Crippen LogP contribution < -0.4 is 0 Å². The lowest BCUT2D eigenvalue weighted by molar-refractivity contribution is 0.504. The largest absolute Gasteiger partial charge is 0.326 e. The van der Waals surface area contributed by atoms with Crippen LogP contribution in [0.4, 0.5) is 0 Å². The van der Waals surface area contributed by atoms with Gasteiger partial charge in [0, 0.05) is 11.9 Å². The standard InChI is InChI=1S/C21H24N4.C2H6/c1-15(2)12-13-24-20-11-7-5-9-18(20)22-21(24)14-25-19-10-6-4-8-17(19)16(3)23-25;1-2/h4-11,15H,12-14H2,1-3H3;1-2H3. The quantitative estimate of drug-likeness (QED) is 0.449. The van der Waals surface area contributed by atoms with Gasteiger partial charge in [0.25, 0.3) is 0 Å². The van der Waals surface area contributed by atoms with Gasteiger partial charge in [0.05, 0.1) is 28.8 Å². The molecule has 0 aliphatic rings. The third-order valence-electron chi connectivity index (χ3n) is 4.80. The average Bonchev–Trinajstić information content (AvgIpc) is 3.19. The molecule has 2 aromatic heterocycles. The second kappa shape index (κ2) is 8.38. The Morgan fingerprint density at radius 3 is 2.33 bits per heavy atom. The fourth-order valence-electron chi connectivity index (χ4n) is 3.43. The first-order valence-electron chi connectivity index (χ1n) is 10.00. The third-order valence-corrected chi connectivity index (χ3v) is 4.80. The Hall–Kier alpha value is -2.62. The number of aromatic nitrogens is 4. The first-order valence-corrected chi connectivity index (χ1v) is 10.00. The van der Waals surface area contributed by atoms with Gasteiger partial charge in [-0.15, -0.1) is 0 Å². The molecule has 0 amide bonds. The fraction of sp³-hybridized carbons (Fsp3) is 0.391. The molecule has 0 atom stereocenters. The minimum absolute atomic E-state index is 0.668. The van der Waals surface area contributed by atoms with Crippen LogP contribution in [-0.4, -0.2) is 19.3 Å². The highest BCUT2D eigenvalue weighted by Gasteiger charge is 2.14. The molecule has 2 heterocycles. The predicted molar refractivity (Wildman–Crippen MR) is 114 cm³/mol. The molecule has 0 bridgehead atoms. The molecular weight excluding hydrogens is 332 g/mol. The number of hydrogen-bond acceptors (Lipinski definition) is 2. The van der Waals surface area contributed by atoms with Gasteiger partial charge in [-0.2, -0.15) is 5.10 Å². The topological polar surface area (TPSA) is 35.6 Å². The van der Waals surface area contributed by atoms with Crippen LogP contribution in [0.15, 0.2) is 48.5 Å². The van der Waals surface area contributed by atoms with Gasteiger partial charge in [0.2, 0.25) is 0 Å². The van der Waals surface area contributed by atoms with E-state index in [1.807, 2.05) is 13.8 Å². The number of nitrogens with zero attached hydrogens (tertiary/aromatic N) is 4. The lowest BCUT2D eigenvalue weighted by Crippen LogP contribution is -2.11. The van der Waals surface area contributed by atoms with Crippen molar-refractivity contribution < 1.29 is 0 Å². The van der Waals surface area contributed by atoms with Crippen LogP contribution in [0.2, 0.25) is 0 Å². The molecule has 0 aliphatic heterocycles. The van der Waals surface area contributed by atoms with Crippen LogP contribution in [0.1, 0.15) is 45.6 Å². The van der Waals surface area contributed by atoms with E-state index in [-0.39, 0.29) is 0 Å². The molecule has 0 unspecified atom stereocenters. The van der Waals surface area contributed by atoms with Crippen molar-refractivity contribution >= 4 is 21.9 Å². The molecule has 0 N–H and O–H groups in total. The van der Waals surface area contributed by atoms with Crippen molar-refractivity contribution in [3.05, 3.63) is 60.0 Å². The third kappa shape index (κ3) is 3.90. The molecular formula is C23H30N4. The highest BCUT2D eigenvalue weighted by atomic mass is 15.3. The Morgan fingerprint density at radius 1 is 0.926 bits per heavy atom. The van der Waals surface area contributed by atoms with Crippen LogP contribution in [0.3, 0.4) is 0 Å². The van der Waals surface area contributed by atoms with E-state index in [4.69, 9.17) is 10.1 Å². The average molecular weight is 363 g/mol. The van der Waals surface area contributed by atoms with Crippen molar-refractivity contribution in [1.82, 2.24) is 19.3 Å². The molecule has 0 spiro atoms. The summed E-state index contributed by atoms with van der Waals surface area (Å²) >= 11 is 0. The van der Waals surface area contributed by atoms with E-state index >= 15 is 0 Å². The van der Waals surface area contributed by atoms with E-state index in [1.165, 1.54) is 16.4 Å². The van der Waals surface area contributed by atoms with Crippen molar-refractivity contribution in [2.45, 2.75) is 54.1 Å². The Labute approximate surface area is 161 Å². The summed E-state index contributed by atoms with van der Waals surface area (Å²) < 4.78 is 4.44. The minimum Gasteiger partial charge on any atom is -0.326 e. The number of aryl methyl sites for hydroxylation is 2. The zero-order valence-electron chi connectivity index (χ0n) is 17.1. The van der Waals surface area contributed by atoms with Gasteiger partial charge in [-0.05, 0) is 37.5 Å². The lowest BCUT2D eigenvalue weighted by atomic mass is 10.1. The summed E-state index contributed by atoms with van der Waals surface area (Å²) in [5.74, 6) is 1.75. The summed E-state index contributed by atoms with van der Waals surface area (Å²) in [6, 6.07) is 16.8. The minimum atomic E-state index is 0.668. The zero-order chi connectivity index (χ0) is 19.4. The number of para-hydroxylation sites is 3. The second-order valence-corrected chi connectivity index (χ2v) is 7.11. The van der Waals surface area contributed by atoms with E-state index < -0.39 is 0 Å². The van der Waals surface area contributed by atoms with Gasteiger partial charge in [-0.1, -0.05) is 58.0 Å². The summed E-state index contributed by atoms with van der Waals surface area (Å²) in [5, 5.41) is 5.97.